The summed E-state index contributed by atoms with van der Waals surface area (Å²) in [5, 5.41) is 3.58. The lowest BCUT2D eigenvalue weighted by Gasteiger charge is -2.38. The van der Waals surface area contributed by atoms with Gasteiger partial charge < -0.3 is 10.2 Å². The number of benzene rings is 2. The van der Waals surface area contributed by atoms with E-state index in [9.17, 15) is 0 Å². The Morgan fingerprint density at radius 1 is 1.03 bits per heavy atom. The van der Waals surface area contributed by atoms with Crippen molar-refractivity contribution in [3.63, 3.8) is 0 Å². The van der Waals surface area contributed by atoms with Crippen molar-refractivity contribution in [2.24, 2.45) is 10.9 Å². The molecular weight excluding hydrogens is 564 g/mol. The maximum atomic E-state index is 5.13. The average molecular weight is 610 g/mol. The van der Waals surface area contributed by atoms with Gasteiger partial charge in [-0.1, -0.05) is 80.7 Å². The standard InChI is InChI=1S/C31H39BrN4S.C2H6/c1-8-27(32)31-34-28(26-15-10-9-12-22(26)2)20-29(35(31)5)33-21-25-16-18-36(19-17-25)37(6,7)30-23(3)13-11-14-24(30)4;1-2/h8-15,20,25,34H,1,6-7,16-19,21H2,2-5H3;1-2H3/b31-27+,33-29?;. The average Bonchev–Trinajstić information content (AvgIpc) is 2.93. The molecule has 2 heterocycles. The van der Waals surface area contributed by atoms with E-state index in [4.69, 9.17) is 4.99 Å². The summed E-state index contributed by atoms with van der Waals surface area (Å²) >= 11 is 3.67. The lowest BCUT2D eigenvalue weighted by molar-refractivity contribution is 0.295. The first-order valence-corrected chi connectivity index (χ1v) is 16.5. The van der Waals surface area contributed by atoms with Gasteiger partial charge in [0.2, 0.25) is 0 Å². The smallest absolute Gasteiger partial charge is 0.130 e. The maximum Gasteiger partial charge on any atom is 0.130 e. The van der Waals surface area contributed by atoms with Crippen molar-refractivity contribution in [3.05, 3.63) is 93.8 Å². The lowest BCUT2D eigenvalue weighted by Crippen LogP contribution is -2.38. The third-order valence-corrected chi connectivity index (χ3v) is 10.9. The van der Waals surface area contributed by atoms with Crippen molar-refractivity contribution in [2.45, 2.75) is 52.4 Å². The maximum absolute atomic E-state index is 5.13. The monoisotopic (exact) mass is 608 g/mol. The molecule has 0 aliphatic carbocycles. The molecule has 0 aromatic heterocycles. The van der Waals surface area contributed by atoms with Crippen molar-refractivity contribution in [1.29, 1.82) is 0 Å². The molecule has 1 N–H and O–H groups in total. The van der Waals surface area contributed by atoms with Gasteiger partial charge in [0.1, 0.15) is 11.7 Å². The highest BCUT2D eigenvalue weighted by Gasteiger charge is 2.26. The van der Waals surface area contributed by atoms with Gasteiger partial charge in [-0.25, -0.2) is 0 Å². The first kappa shape index (κ1) is 31.0. The number of hydrogen-bond acceptors (Lipinski definition) is 3. The van der Waals surface area contributed by atoms with Gasteiger partial charge in [-0.15, -0.1) is 9.39 Å². The SMILES string of the molecule is C=C/C(Br)=C1/NC(c2ccccc2C)=CC(=NCC2CCN(S(=C)(=C)c3c(C)cccc3C)CC2)N1C.CC. The minimum atomic E-state index is -1.50. The third kappa shape index (κ3) is 6.97. The Bertz CT molecular complexity index is 1360. The molecule has 210 valence electrons. The Morgan fingerprint density at radius 2 is 1.62 bits per heavy atom. The number of likely N-dealkylation sites (N-methyl/N-ethyl adjacent to an activating group) is 1. The predicted octanol–water partition coefficient (Wildman–Crippen LogP) is 8.02. The predicted molar refractivity (Wildman–Crippen MR) is 180 cm³/mol. The number of aliphatic imine (C=N–C) groups is 1. The summed E-state index contributed by atoms with van der Waals surface area (Å²) in [6.45, 7) is 17.3. The van der Waals surface area contributed by atoms with Crippen molar-refractivity contribution in [1.82, 2.24) is 14.5 Å². The quantitative estimate of drug-likeness (QED) is 0.337. The normalized spacial score (nSPS) is 19.1. The molecule has 4 rings (SSSR count). The van der Waals surface area contributed by atoms with E-state index in [-0.39, 0.29) is 0 Å². The van der Waals surface area contributed by atoms with Gasteiger partial charge in [-0.05, 0) is 72.2 Å². The highest BCUT2D eigenvalue weighted by atomic mass is 79.9. The van der Waals surface area contributed by atoms with Crippen LogP contribution in [0.25, 0.3) is 5.70 Å². The zero-order valence-electron chi connectivity index (χ0n) is 24.6. The van der Waals surface area contributed by atoms with Crippen LogP contribution in [0.5, 0.6) is 0 Å². The van der Waals surface area contributed by atoms with E-state index in [0.29, 0.717) is 5.92 Å². The van der Waals surface area contributed by atoms with Gasteiger partial charge in [0.15, 0.2) is 0 Å². The Labute approximate surface area is 246 Å². The fourth-order valence-electron chi connectivity index (χ4n) is 5.27. The van der Waals surface area contributed by atoms with Crippen molar-refractivity contribution < 1.29 is 0 Å². The van der Waals surface area contributed by atoms with Crippen LogP contribution in [0.4, 0.5) is 0 Å². The second-order valence-corrected chi connectivity index (χ2v) is 13.6. The Kier molecular flexibility index (Phi) is 10.9. The second kappa shape index (κ2) is 13.7. The van der Waals surface area contributed by atoms with Gasteiger partial charge in [0, 0.05) is 43.2 Å². The van der Waals surface area contributed by atoms with Crippen LogP contribution in [-0.2, 0) is 0 Å². The van der Waals surface area contributed by atoms with Crippen molar-refractivity contribution in [3.8, 4) is 0 Å². The van der Waals surface area contributed by atoms with Crippen LogP contribution in [0, 0.1) is 26.7 Å². The number of amidine groups is 1. The molecule has 39 heavy (non-hydrogen) atoms. The highest BCUT2D eigenvalue weighted by Crippen LogP contribution is 2.42. The van der Waals surface area contributed by atoms with E-state index in [1.807, 2.05) is 27.0 Å². The van der Waals surface area contributed by atoms with Crippen LogP contribution in [0.3, 0.4) is 0 Å². The van der Waals surface area contributed by atoms with E-state index in [2.05, 4.69) is 118 Å². The molecule has 0 amide bonds. The van der Waals surface area contributed by atoms with Gasteiger partial charge in [-0.3, -0.25) is 9.30 Å². The number of aryl methyl sites for hydroxylation is 3. The van der Waals surface area contributed by atoms with Crippen LogP contribution in [-0.4, -0.2) is 53.5 Å². The number of nitrogens with one attached hydrogen (secondary N) is 1. The molecule has 0 bridgehead atoms. The second-order valence-electron chi connectivity index (χ2n) is 10.1. The van der Waals surface area contributed by atoms with Crippen LogP contribution in [0.1, 0.15) is 48.9 Å². The lowest BCUT2D eigenvalue weighted by atomic mass is 9.98. The van der Waals surface area contributed by atoms with Gasteiger partial charge in [0.25, 0.3) is 0 Å². The zero-order chi connectivity index (χ0) is 28.7. The van der Waals surface area contributed by atoms with E-state index in [1.165, 1.54) is 27.1 Å². The van der Waals surface area contributed by atoms with E-state index < -0.39 is 9.39 Å². The molecule has 2 aliphatic rings. The van der Waals surface area contributed by atoms with Crippen LogP contribution in [0.15, 0.2) is 81.4 Å². The molecule has 2 aromatic carbocycles. The molecule has 0 saturated carbocycles. The summed E-state index contributed by atoms with van der Waals surface area (Å²) in [6.07, 6.45) is 6.19. The third-order valence-electron chi connectivity index (χ3n) is 7.41. The molecule has 2 aliphatic heterocycles. The summed E-state index contributed by atoms with van der Waals surface area (Å²) in [4.78, 5) is 8.57. The topological polar surface area (TPSA) is 30.9 Å². The summed E-state index contributed by atoms with van der Waals surface area (Å²) in [5.41, 5.74) is 6.05. The molecule has 6 heteroatoms. The summed E-state index contributed by atoms with van der Waals surface area (Å²) in [5.74, 6) is 11.7. The largest absolute Gasteiger partial charge is 0.340 e. The first-order chi connectivity index (χ1) is 18.6. The number of piperidine rings is 1. The molecule has 0 atom stereocenters. The molecule has 2 aromatic rings. The minimum absolute atomic E-state index is 0.547. The molecule has 0 radical (unpaired) electrons. The Morgan fingerprint density at radius 3 is 2.21 bits per heavy atom. The molecule has 0 unspecified atom stereocenters. The summed E-state index contributed by atoms with van der Waals surface area (Å²) in [7, 11) is 0.547. The molecule has 1 fully saturated rings. The van der Waals surface area contributed by atoms with E-state index in [0.717, 1.165) is 54.3 Å². The molecule has 1 saturated heterocycles. The van der Waals surface area contributed by atoms with Crippen LogP contribution >= 0.6 is 25.3 Å². The van der Waals surface area contributed by atoms with Crippen LogP contribution in [0.2, 0.25) is 0 Å². The van der Waals surface area contributed by atoms with Gasteiger partial charge in [-0.2, -0.15) is 0 Å². The minimum Gasteiger partial charge on any atom is -0.340 e. The van der Waals surface area contributed by atoms with Crippen LogP contribution < -0.4 is 5.32 Å². The molecular formula is C33H45BrN4S. The van der Waals surface area contributed by atoms with Gasteiger partial charge in [0.05, 0.1) is 10.2 Å². The van der Waals surface area contributed by atoms with E-state index in [1.54, 1.807) is 0 Å². The Hall–Kier alpha value is -2.54. The first-order valence-electron chi connectivity index (χ1n) is 13.8. The van der Waals surface area contributed by atoms with E-state index >= 15 is 0 Å². The van der Waals surface area contributed by atoms with Crippen molar-refractivity contribution in [2.75, 3.05) is 26.7 Å². The molecule has 4 nitrogen and oxygen atoms in total. The zero-order valence-corrected chi connectivity index (χ0v) is 27.0. The number of rotatable bonds is 6. The number of hydrogen-bond donors (Lipinski definition) is 1. The number of nitrogens with zero attached hydrogens (tertiary/aromatic N) is 3. The fourth-order valence-corrected chi connectivity index (χ4v) is 8.14. The molecule has 0 spiro atoms. The number of halogens is 1. The number of allylic oxidation sites excluding steroid dienone is 2. The van der Waals surface area contributed by atoms with Gasteiger partial charge >= 0.3 is 0 Å². The summed E-state index contributed by atoms with van der Waals surface area (Å²) < 4.78 is 3.44. The Balaban J connectivity index is 0.00000205. The highest BCUT2D eigenvalue weighted by molar-refractivity contribution is 9.11. The fraction of sp³-hybridized carbons (Fsp3) is 0.364. The van der Waals surface area contributed by atoms with Crippen molar-refractivity contribution >= 4 is 48.6 Å². The summed E-state index contributed by atoms with van der Waals surface area (Å²) in [6, 6.07) is 14.9.